The van der Waals surface area contributed by atoms with Gasteiger partial charge in [0.25, 0.3) is 0 Å². The maximum absolute atomic E-state index is 11.8. The molecule has 0 saturated heterocycles. The van der Waals surface area contributed by atoms with Gasteiger partial charge in [0.05, 0.1) is 10.0 Å². The molecule has 0 aliphatic heterocycles. The van der Waals surface area contributed by atoms with Crippen molar-refractivity contribution in [2.45, 2.75) is 71.1 Å². The first-order valence-electron chi connectivity index (χ1n) is 9.13. The Bertz CT molecular complexity index is 480. The molecule has 24 heavy (non-hydrogen) atoms. The number of unbranched alkanes of at least 4 members (excludes halogenated alkanes) is 9. The first-order chi connectivity index (χ1) is 11.6. The Balaban J connectivity index is 1.97. The molecule has 0 heterocycles. The first-order valence-corrected chi connectivity index (χ1v) is 9.89. The maximum atomic E-state index is 11.8. The van der Waals surface area contributed by atoms with Crippen LogP contribution in [0.2, 0.25) is 10.0 Å². The summed E-state index contributed by atoms with van der Waals surface area (Å²) in [6.45, 7) is 2.95. The molecule has 0 saturated carbocycles. The van der Waals surface area contributed by atoms with Crippen LogP contribution in [-0.4, -0.2) is 12.6 Å². The number of hydrogen-bond donors (Lipinski definition) is 2. The van der Waals surface area contributed by atoms with Crippen LogP contribution in [0, 0.1) is 0 Å². The smallest absolute Gasteiger partial charge is 0.319 e. The van der Waals surface area contributed by atoms with Crippen LogP contribution in [0.25, 0.3) is 0 Å². The van der Waals surface area contributed by atoms with E-state index in [1.165, 1.54) is 57.8 Å². The van der Waals surface area contributed by atoms with Crippen molar-refractivity contribution < 1.29 is 4.79 Å². The van der Waals surface area contributed by atoms with Gasteiger partial charge >= 0.3 is 6.03 Å². The van der Waals surface area contributed by atoms with Gasteiger partial charge in [-0.3, -0.25) is 0 Å². The molecule has 2 amide bonds. The number of carbonyl (C=O) groups excluding carboxylic acids is 1. The van der Waals surface area contributed by atoms with Gasteiger partial charge in [-0.15, -0.1) is 0 Å². The van der Waals surface area contributed by atoms with Crippen molar-refractivity contribution in [1.29, 1.82) is 0 Å². The van der Waals surface area contributed by atoms with E-state index in [-0.39, 0.29) is 6.03 Å². The summed E-state index contributed by atoms with van der Waals surface area (Å²) >= 11 is 11.8. The summed E-state index contributed by atoms with van der Waals surface area (Å²) in [5.41, 5.74) is 0.643. The third kappa shape index (κ3) is 10.0. The van der Waals surface area contributed by atoms with Crippen LogP contribution in [0.1, 0.15) is 71.1 Å². The highest BCUT2D eigenvalue weighted by molar-refractivity contribution is 6.42. The summed E-state index contributed by atoms with van der Waals surface area (Å²) in [5, 5.41) is 6.53. The lowest BCUT2D eigenvalue weighted by Gasteiger charge is -2.08. The van der Waals surface area contributed by atoms with Crippen LogP contribution < -0.4 is 10.6 Å². The zero-order chi connectivity index (χ0) is 17.6. The van der Waals surface area contributed by atoms with Crippen LogP contribution in [0.4, 0.5) is 10.5 Å². The summed E-state index contributed by atoms with van der Waals surface area (Å²) in [6.07, 6.45) is 12.9. The Hall–Kier alpha value is -0.930. The molecule has 3 nitrogen and oxygen atoms in total. The van der Waals surface area contributed by atoms with Gasteiger partial charge in [0.15, 0.2) is 0 Å². The van der Waals surface area contributed by atoms with E-state index >= 15 is 0 Å². The van der Waals surface area contributed by atoms with Gasteiger partial charge in [0.2, 0.25) is 0 Å². The molecule has 0 aliphatic carbocycles. The second kappa shape index (κ2) is 13.4. The van der Waals surface area contributed by atoms with Crippen molar-refractivity contribution in [3.63, 3.8) is 0 Å². The van der Waals surface area contributed by atoms with Gasteiger partial charge in [-0.1, -0.05) is 87.9 Å². The highest BCUT2D eigenvalue weighted by Gasteiger charge is 2.03. The molecule has 1 aromatic rings. The summed E-state index contributed by atoms with van der Waals surface area (Å²) in [7, 11) is 0. The Labute approximate surface area is 156 Å². The molecule has 0 bridgehead atoms. The lowest BCUT2D eigenvalue weighted by Crippen LogP contribution is -2.29. The Morgan fingerprint density at radius 3 is 2.04 bits per heavy atom. The average Bonchev–Trinajstić information content (AvgIpc) is 2.56. The fourth-order valence-corrected chi connectivity index (χ4v) is 2.86. The van der Waals surface area contributed by atoms with Gasteiger partial charge in [-0.2, -0.15) is 0 Å². The number of benzene rings is 1. The maximum Gasteiger partial charge on any atom is 0.319 e. The van der Waals surface area contributed by atoms with Crippen LogP contribution in [0.3, 0.4) is 0 Å². The standard InChI is InChI=1S/C19H30Cl2N2O/c1-2-3-4-5-6-7-8-9-10-11-14-22-19(24)23-16-12-13-17(20)18(21)15-16/h12-13,15H,2-11,14H2,1H3,(H2,22,23,24). The molecular weight excluding hydrogens is 343 g/mol. The Kier molecular flexibility index (Phi) is 11.8. The predicted octanol–water partition coefficient (Wildman–Crippen LogP) is 7.04. The molecule has 0 aromatic heterocycles. The second-order valence-electron chi connectivity index (χ2n) is 6.19. The minimum atomic E-state index is -0.204. The van der Waals surface area contributed by atoms with Crippen molar-refractivity contribution in [2.24, 2.45) is 0 Å². The van der Waals surface area contributed by atoms with Gasteiger partial charge in [-0.05, 0) is 24.6 Å². The normalized spacial score (nSPS) is 10.6. The second-order valence-corrected chi connectivity index (χ2v) is 7.01. The van der Waals surface area contributed by atoms with Crippen molar-refractivity contribution >= 4 is 34.9 Å². The molecule has 2 N–H and O–H groups in total. The number of anilines is 1. The Morgan fingerprint density at radius 2 is 1.46 bits per heavy atom. The topological polar surface area (TPSA) is 41.1 Å². The highest BCUT2D eigenvalue weighted by Crippen LogP contribution is 2.24. The van der Waals surface area contributed by atoms with E-state index in [2.05, 4.69) is 17.6 Å². The number of halogens is 2. The van der Waals surface area contributed by atoms with Crippen LogP contribution in [0.15, 0.2) is 18.2 Å². The first kappa shape index (κ1) is 21.1. The fourth-order valence-electron chi connectivity index (χ4n) is 2.56. The molecule has 5 heteroatoms. The third-order valence-corrected chi connectivity index (χ3v) is 4.73. The molecule has 0 aliphatic rings. The van der Waals surface area contributed by atoms with Crippen molar-refractivity contribution in [3.05, 3.63) is 28.2 Å². The largest absolute Gasteiger partial charge is 0.338 e. The summed E-state index contributed by atoms with van der Waals surface area (Å²) in [6, 6.07) is 4.84. The predicted molar refractivity (Wildman–Crippen MR) is 105 cm³/mol. The van der Waals surface area contributed by atoms with Gasteiger partial charge < -0.3 is 10.6 Å². The molecule has 1 aromatic carbocycles. The lowest BCUT2D eigenvalue weighted by atomic mass is 10.1. The fraction of sp³-hybridized carbons (Fsp3) is 0.632. The number of amides is 2. The quantitative estimate of drug-likeness (QED) is 0.379. The van der Waals surface area contributed by atoms with E-state index in [9.17, 15) is 4.79 Å². The molecule has 0 spiro atoms. The van der Waals surface area contributed by atoms with Crippen molar-refractivity contribution in [1.82, 2.24) is 5.32 Å². The van der Waals surface area contributed by atoms with Crippen LogP contribution >= 0.6 is 23.2 Å². The molecule has 0 atom stereocenters. The molecule has 0 radical (unpaired) electrons. The number of urea groups is 1. The SMILES string of the molecule is CCCCCCCCCCCCNC(=O)Nc1ccc(Cl)c(Cl)c1. The minimum absolute atomic E-state index is 0.204. The minimum Gasteiger partial charge on any atom is -0.338 e. The molecule has 1 rings (SSSR count). The van der Waals surface area contributed by atoms with Gasteiger partial charge in [0, 0.05) is 12.2 Å². The van der Waals surface area contributed by atoms with Crippen LogP contribution in [-0.2, 0) is 0 Å². The average molecular weight is 373 g/mol. The van der Waals surface area contributed by atoms with Gasteiger partial charge in [0.1, 0.15) is 0 Å². The van der Waals surface area contributed by atoms with Crippen molar-refractivity contribution in [2.75, 3.05) is 11.9 Å². The highest BCUT2D eigenvalue weighted by atomic mass is 35.5. The zero-order valence-corrected chi connectivity index (χ0v) is 16.2. The van der Waals surface area contributed by atoms with E-state index in [1.807, 2.05) is 0 Å². The zero-order valence-electron chi connectivity index (χ0n) is 14.7. The van der Waals surface area contributed by atoms with E-state index < -0.39 is 0 Å². The Morgan fingerprint density at radius 1 is 0.875 bits per heavy atom. The summed E-state index contributed by atoms with van der Waals surface area (Å²) in [4.78, 5) is 11.8. The number of nitrogens with one attached hydrogen (secondary N) is 2. The van der Waals surface area contributed by atoms with Gasteiger partial charge in [-0.25, -0.2) is 4.79 Å². The molecular formula is C19H30Cl2N2O. The molecule has 0 fully saturated rings. The molecule has 0 unspecified atom stereocenters. The summed E-state index contributed by atoms with van der Waals surface area (Å²) < 4.78 is 0. The van der Waals surface area contributed by atoms with E-state index in [4.69, 9.17) is 23.2 Å². The van der Waals surface area contributed by atoms with Crippen molar-refractivity contribution in [3.8, 4) is 0 Å². The lowest BCUT2D eigenvalue weighted by molar-refractivity contribution is 0.252. The van der Waals surface area contributed by atoms with E-state index in [0.29, 0.717) is 22.3 Å². The van der Waals surface area contributed by atoms with E-state index in [1.54, 1.807) is 18.2 Å². The van der Waals surface area contributed by atoms with E-state index in [0.717, 1.165) is 6.42 Å². The third-order valence-electron chi connectivity index (χ3n) is 3.99. The van der Waals surface area contributed by atoms with Crippen LogP contribution in [0.5, 0.6) is 0 Å². The number of rotatable bonds is 12. The molecule has 136 valence electrons. The summed E-state index contributed by atoms with van der Waals surface area (Å²) in [5.74, 6) is 0. The number of hydrogen-bond acceptors (Lipinski definition) is 1. The monoisotopic (exact) mass is 372 g/mol. The number of carbonyl (C=O) groups is 1.